The van der Waals surface area contributed by atoms with E-state index in [4.69, 9.17) is 44.6 Å². The third kappa shape index (κ3) is 30.4. The van der Waals surface area contributed by atoms with Gasteiger partial charge in [-0.3, -0.25) is 9.98 Å². The van der Waals surface area contributed by atoms with E-state index >= 15 is 0 Å². The van der Waals surface area contributed by atoms with Crippen molar-refractivity contribution in [3.63, 3.8) is 0 Å². The summed E-state index contributed by atoms with van der Waals surface area (Å²) in [6.07, 6.45) is 49.0. The molecule has 7 aromatic rings. The molecular formula is C85H115Cl2FeN3O2. The van der Waals surface area contributed by atoms with Crippen LogP contribution in [0.5, 0.6) is 11.5 Å². The molecule has 504 valence electrons. The second-order valence-corrected chi connectivity index (χ2v) is 27.6. The molecule has 0 N–H and O–H groups in total. The molecule has 0 saturated heterocycles. The topological polar surface area (TPSA) is 56.1 Å². The number of hydrogen-bond acceptors (Lipinski definition) is 5. The molecule has 0 atom stereocenters. The van der Waals surface area contributed by atoms with Crippen molar-refractivity contribution in [2.75, 3.05) is 13.2 Å². The number of aliphatic imine (C=N–C) groups is 2. The first-order valence-corrected chi connectivity index (χ1v) is 39.7. The minimum absolute atomic E-state index is 0.194. The first-order chi connectivity index (χ1) is 45.9. The Balaban J connectivity index is 0.00000448. The van der Waals surface area contributed by atoms with E-state index in [-0.39, 0.29) is 13.1 Å². The summed E-state index contributed by atoms with van der Waals surface area (Å²) in [6.45, 7) is 10.1. The van der Waals surface area contributed by atoms with Gasteiger partial charge in [0.25, 0.3) is 0 Å². The summed E-state index contributed by atoms with van der Waals surface area (Å²) in [4.78, 5) is 15.9. The van der Waals surface area contributed by atoms with Gasteiger partial charge in [-0.15, -0.1) is 0 Å². The summed E-state index contributed by atoms with van der Waals surface area (Å²) in [6, 6.07) is 57.5. The van der Waals surface area contributed by atoms with Crippen LogP contribution in [-0.2, 0) is 13.1 Å². The van der Waals surface area contributed by atoms with Crippen LogP contribution < -0.4 is 9.47 Å². The number of benzene rings is 6. The molecule has 0 aliphatic rings. The van der Waals surface area contributed by atoms with E-state index in [1.807, 2.05) is 0 Å². The molecule has 5 nitrogen and oxygen atoms in total. The van der Waals surface area contributed by atoms with Gasteiger partial charge in [0.2, 0.25) is 0 Å². The summed E-state index contributed by atoms with van der Waals surface area (Å²) < 4.78 is 13.8. The number of hydrogen-bond donors (Lipinski definition) is 0. The first kappa shape index (κ1) is 76.5. The average molecular weight is 1340 g/mol. The zero-order valence-electron chi connectivity index (χ0n) is 57.7. The molecule has 0 radical (unpaired) electrons. The van der Waals surface area contributed by atoms with E-state index in [9.17, 15) is 0 Å². The van der Waals surface area contributed by atoms with E-state index in [1.54, 1.807) is 0 Å². The fourth-order valence-corrected chi connectivity index (χ4v) is 12.7. The van der Waals surface area contributed by atoms with E-state index in [1.165, 1.54) is 218 Å². The fraction of sp³-hybridized carbons (Fsp3) is 0.494. The zero-order valence-corrected chi connectivity index (χ0v) is 60.3. The van der Waals surface area contributed by atoms with Crippen molar-refractivity contribution in [1.82, 2.24) is 4.98 Å². The van der Waals surface area contributed by atoms with Crippen molar-refractivity contribution >= 4 is 43.0 Å². The summed E-state index contributed by atoms with van der Waals surface area (Å²) in [5.74, 6) is 1.82. The molecule has 7 rings (SSSR count). The SMILES string of the molecule is CCCCCCCCCCCCCCCCCCCCOc1c(-c2ccccc2)cc(N=C(C)c2cccc(C(C)=Nc3cc(-c4ccccc4)c(OCCCCCCCCCCCCCCCCCCCC)c(-c4ccccc4)c3)n2)cc1-c1ccccc1.[Cl][Fe][Cl]. The number of nitrogens with zero attached hydrogens (tertiary/aromatic N) is 3. The second-order valence-electron chi connectivity index (χ2n) is 25.8. The molecule has 0 aliphatic heterocycles. The van der Waals surface area contributed by atoms with E-state index in [0.717, 1.165) is 103 Å². The third-order valence-electron chi connectivity index (χ3n) is 18.1. The quantitative estimate of drug-likeness (QED) is 0.0217. The molecule has 0 saturated carbocycles. The summed E-state index contributed by atoms with van der Waals surface area (Å²) in [5.41, 5.74) is 13.6. The first-order valence-electron chi connectivity index (χ1n) is 36.7. The van der Waals surface area contributed by atoms with Crippen LogP contribution in [0.2, 0.25) is 0 Å². The normalized spacial score (nSPS) is 11.7. The van der Waals surface area contributed by atoms with Gasteiger partial charge in [0, 0.05) is 22.3 Å². The molecule has 0 amide bonds. The van der Waals surface area contributed by atoms with Crippen LogP contribution in [0.3, 0.4) is 0 Å². The minimum atomic E-state index is 0.194. The maximum absolute atomic E-state index is 6.89. The summed E-state index contributed by atoms with van der Waals surface area (Å²) >= 11 is 0.194. The van der Waals surface area contributed by atoms with E-state index in [2.05, 4.69) is 191 Å². The van der Waals surface area contributed by atoms with Gasteiger partial charge in [0.15, 0.2) is 0 Å². The van der Waals surface area contributed by atoms with Gasteiger partial charge >= 0.3 is 33.3 Å². The molecule has 0 fully saturated rings. The Kier molecular flexibility index (Phi) is 40.4. The number of pyridine rings is 1. The van der Waals surface area contributed by atoms with Crippen LogP contribution in [0.25, 0.3) is 44.5 Å². The molecule has 0 aliphatic carbocycles. The molecular weight excluding hydrogens is 1220 g/mol. The molecule has 0 unspecified atom stereocenters. The molecule has 6 aromatic carbocycles. The Morgan fingerprint density at radius 1 is 0.312 bits per heavy atom. The molecule has 1 aromatic heterocycles. The van der Waals surface area contributed by atoms with E-state index < -0.39 is 0 Å². The number of aromatic nitrogens is 1. The number of ether oxygens (including phenoxy) is 2. The Bertz CT molecular complexity index is 2770. The van der Waals surface area contributed by atoms with Gasteiger partial charge in [0.1, 0.15) is 11.5 Å². The van der Waals surface area contributed by atoms with Gasteiger partial charge in [-0.1, -0.05) is 360 Å². The number of unbranched alkanes of at least 4 members (excludes halogenated alkanes) is 34. The van der Waals surface area contributed by atoms with Crippen LogP contribution in [0.4, 0.5) is 11.4 Å². The third-order valence-corrected chi connectivity index (χ3v) is 18.1. The molecule has 93 heavy (non-hydrogen) atoms. The standard InChI is InChI=1S/C85H115N3O2.2ClH.Fe/c1-5-7-9-11-13-15-17-19-21-23-25-27-29-31-33-35-37-51-64-89-84-78(72-54-43-39-44-55-72)66-76(67-79(84)73-56-45-40-46-57-73)86-70(3)82-62-53-63-83(88-82)71(4)87-77-68-80(74-58-47-41-48-59-74)85(81(69-77)75-60-49-42-50-61-75)90-65-52-38-36-34-32-30-28-26-24-22-20-18-16-14-12-10-8-6-2;;;/h39-50,53-63,66-69H,5-38,51-52,64-65H2,1-4H3;2*1H;/q;;;+2/p-2. The zero-order chi connectivity index (χ0) is 65.4. The van der Waals surface area contributed by atoms with Crippen LogP contribution in [0, 0.1) is 0 Å². The van der Waals surface area contributed by atoms with Crippen molar-refractivity contribution < 1.29 is 22.6 Å². The van der Waals surface area contributed by atoms with Crippen molar-refractivity contribution in [3.8, 4) is 56.0 Å². The van der Waals surface area contributed by atoms with Crippen LogP contribution in [-0.4, -0.2) is 29.6 Å². The van der Waals surface area contributed by atoms with Gasteiger partial charge in [-0.25, -0.2) is 4.98 Å². The van der Waals surface area contributed by atoms with Crippen LogP contribution in [0.1, 0.15) is 270 Å². The number of halogens is 2. The van der Waals surface area contributed by atoms with E-state index in [0.29, 0.717) is 13.2 Å². The summed E-state index contributed by atoms with van der Waals surface area (Å²) in [5, 5.41) is 0. The Morgan fingerprint density at radius 2 is 0.527 bits per heavy atom. The van der Waals surface area contributed by atoms with Crippen LogP contribution in [0.15, 0.2) is 174 Å². The number of rotatable bonds is 48. The van der Waals surface area contributed by atoms with Gasteiger partial charge < -0.3 is 9.47 Å². The Labute approximate surface area is 579 Å². The molecule has 1 heterocycles. The average Bonchev–Trinajstić information content (AvgIpc) is 0.844. The Hall–Kier alpha value is -5.49. The van der Waals surface area contributed by atoms with Crippen molar-refractivity contribution in [2.24, 2.45) is 9.98 Å². The fourth-order valence-electron chi connectivity index (χ4n) is 12.7. The Morgan fingerprint density at radius 3 is 0.753 bits per heavy atom. The van der Waals surface area contributed by atoms with Crippen molar-refractivity contribution in [2.45, 2.75) is 259 Å². The molecule has 8 heteroatoms. The molecule has 0 spiro atoms. The summed E-state index contributed by atoms with van der Waals surface area (Å²) in [7, 11) is 9.53. The second kappa shape index (κ2) is 49.1. The van der Waals surface area contributed by atoms with Crippen molar-refractivity contribution in [1.29, 1.82) is 0 Å². The maximum atomic E-state index is 6.89. The van der Waals surface area contributed by atoms with Crippen LogP contribution >= 0.6 is 20.2 Å². The predicted octanol–water partition coefficient (Wildman–Crippen LogP) is 28.2. The molecule has 0 bridgehead atoms. The van der Waals surface area contributed by atoms with Gasteiger partial charge in [0.05, 0.1) is 47.4 Å². The van der Waals surface area contributed by atoms with Crippen molar-refractivity contribution in [3.05, 3.63) is 175 Å². The van der Waals surface area contributed by atoms with Gasteiger partial charge in [-0.2, -0.15) is 0 Å². The van der Waals surface area contributed by atoms with Gasteiger partial charge in [-0.05, 0) is 85.3 Å². The predicted molar refractivity (Wildman–Crippen MR) is 403 cm³/mol. The monoisotopic (exact) mass is 1340 g/mol.